The van der Waals surface area contributed by atoms with Crippen molar-refractivity contribution in [1.29, 1.82) is 0 Å². The summed E-state index contributed by atoms with van der Waals surface area (Å²) < 4.78 is 5.51. The maximum Gasteiger partial charge on any atom is 0.248 e. The van der Waals surface area contributed by atoms with E-state index in [0.29, 0.717) is 16.8 Å². The molecule has 0 aliphatic heterocycles. The lowest BCUT2D eigenvalue weighted by atomic mass is 10.00. The Bertz CT molecular complexity index is 721. The highest BCUT2D eigenvalue weighted by Gasteiger charge is 2.12. The van der Waals surface area contributed by atoms with Gasteiger partial charge in [0.2, 0.25) is 11.8 Å². The standard InChI is InChI=1S/C15H11ClN2O/c1-10-17-18-15(19-10)14-8-3-2-7-13(14)11-5-4-6-12(16)9-11/h2-9H,1H3. The number of aryl methyl sites for hydroxylation is 1. The van der Waals surface area contributed by atoms with Crippen molar-refractivity contribution in [3.63, 3.8) is 0 Å². The summed E-state index contributed by atoms with van der Waals surface area (Å²) >= 11 is 6.05. The number of halogens is 1. The molecule has 0 unspecified atom stereocenters. The average molecular weight is 271 g/mol. The first-order valence-electron chi connectivity index (χ1n) is 5.89. The van der Waals surface area contributed by atoms with E-state index in [2.05, 4.69) is 10.2 Å². The van der Waals surface area contributed by atoms with E-state index in [-0.39, 0.29) is 0 Å². The Morgan fingerprint density at radius 2 is 1.74 bits per heavy atom. The zero-order valence-electron chi connectivity index (χ0n) is 10.3. The summed E-state index contributed by atoms with van der Waals surface area (Å²) in [5, 5.41) is 8.65. The van der Waals surface area contributed by atoms with Crippen LogP contribution in [0.1, 0.15) is 5.89 Å². The summed E-state index contributed by atoms with van der Waals surface area (Å²) in [6, 6.07) is 15.6. The fraction of sp³-hybridized carbons (Fsp3) is 0.0667. The Morgan fingerprint density at radius 3 is 2.42 bits per heavy atom. The second-order valence-electron chi connectivity index (χ2n) is 4.18. The Morgan fingerprint density at radius 1 is 0.947 bits per heavy atom. The van der Waals surface area contributed by atoms with Crippen LogP contribution in [0.3, 0.4) is 0 Å². The molecule has 0 N–H and O–H groups in total. The third-order valence-corrected chi connectivity index (χ3v) is 3.05. The molecule has 0 amide bonds. The van der Waals surface area contributed by atoms with Crippen LogP contribution in [-0.2, 0) is 0 Å². The summed E-state index contributed by atoms with van der Waals surface area (Å²) in [5.74, 6) is 1.07. The highest BCUT2D eigenvalue weighted by molar-refractivity contribution is 6.30. The van der Waals surface area contributed by atoms with Gasteiger partial charge in [0.25, 0.3) is 0 Å². The van der Waals surface area contributed by atoms with Gasteiger partial charge in [-0.3, -0.25) is 0 Å². The van der Waals surface area contributed by atoms with Crippen molar-refractivity contribution in [2.75, 3.05) is 0 Å². The van der Waals surface area contributed by atoms with Gasteiger partial charge in [0.1, 0.15) is 0 Å². The summed E-state index contributed by atoms with van der Waals surface area (Å²) in [7, 11) is 0. The zero-order valence-corrected chi connectivity index (χ0v) is 11.1. The fourth-order valence-electron chi connectivity index (χ4n) is 1.98. The van der Waals surface area contributed by atoms with Gasteiger partial charge in [-0.2, -0.15) is 0 Å². The summed E-state index contributed by atoms with van der Waals surface area (Å²) in [4.78, 5) is 0. The molecule has 0 saturated heterocycles. The van der Waals surface area contributed by atoms with Crippen molar-refractivity contribution in [3.8, 4) is 22.6 Å². The summed E-state index contributed by atoms with van der Waals surface area (Å²) in [6.45, 7) is 1.78. The highest BCUT2D eigenvalue weighted by atomic mass is 35.5. The Balaban J connectivity index is 2.17. The summed E-state index contributed by atoms with van der Waals surface area (Å²) in [6.07, 6.45) is 0. The summed E-state index contributed by atoms with van der Waals surface area (Å²) in [5.41, 5.74) is 2.96. The van der Waals surface area contributed by atoms with Gasteiger partial charge in [0.15, 0.2) is 0 Å². The average Bonchev–Trinajstić information content (AvgIpc) is 2.85. The van der Waals surface area contributed by atoms with E-state index in [0.717, 1.165) is 16.7 Å². The molecule has 0 aliphatic rings. The third kappa shape index (κ3) is 2.37. The molecule has 2 aromatic carbocycles. The van der Waals surface area contributed by atoms with E-state index in [1.807, 2.05) is 48.5 Å². The SMILES string of the molecule is Cc1nnc(-c2ccccc2-c2cccc(Cl)c2)o1. The van der Waals surface area contributed by atoms with Gasteiger partial charge in [-0.25, -0.2) is 0 Å². The first-order valence-corrected chi connectivity index (χ1v) is 6.27. The maximum absolute atomic E-state index is 6.05. The van der Waals surface area contributed by atoms with Gasteiger partial charge in [-0.1, -0.05) is 41.9 Å². The molecular formula is C15H11ClN2O. The van der Waals surface area contributed by atoms with Crippen LogP contribution in [0.2, 0.25) is 5.02 Å². The molecule has 0 bridgehead atoms. The zero-order chi connectivity index (χ0) is 13.2. The smallest absolute Gasteiger partial charge is 0.248 e. The minimum atomic E-state index is 0.521. The molecule has 94 valence electrons. The predicted octanol–water partition coefficient (Wildman–Crippen LogP) is 4.37. The Hall–Kier alpha value is -2.13. The van der Waals surface area contributed by atoms with Crippen molar-refractivity contribution in [1.82, 2.24) is 10.2 Å². The lowest BCUT2D eigenvalue weighted by Crippen LogP contribution is -1.85. The van der Waals surface area contributed by atoms with Crippen molar-refractivity contribution in [2.45, 2.75) is 6.92 Å². The van der Waals surface area contributed by atoms with Crippen LogP contribution >= 0.6 is 11.6 Å². The molecule has 3 nitrogen and oxygen atoms in total. The largest absolute Gasteiger partial charge is 0.421 e. The van der Waals surface area contributed by atoms with Crippen LogP contribution in [0, 0.1) is 6.92 Å². The second kappa shape index (κ2) is 4.86. The Labute approximate surface area is 115 Å². The van der Waals surface area contributed by atoms with E-state index in [9.17, 15) is 0 Å². The van der Waals surface area contributed by atoms with Crippen LogP contribution in [0.5, 0.6) is 0 Å². The van der Waals surface area contributed by atoms with Gasteiger partial charge >= 0.3 is 0 Å². The van der Waals surface area contributed by atoms with Crippen molar-refractivity contribution < 1.29 is 4.42 Å². The van der Waals surface area contributed by atoms with Crippen LogP contribution in [0.25, 0.3) is 22.6 Å². The normalized spacial score (nSPS) is 10.6. The third-order valence-electron chi connectivity index (χ3n) is 2.82. The van der Waals surface area contributed by atoms with E-state index in [1.165, 1.54) is 0 Å². The van der Waals surface area contributed by atoms with E-state index >= 15 is 0 Å². The number of benzene rings is 2. The van der Waals surface area contributed by atoms with Gasteiger partial charge < -0.3 is 4.42 Å². The molecule has 0 atom stereocenters. The molecule has 3 aromatic rings. The monoisotopic (exact) mass is 270 g/mol. The quantitative estimate of drug-likeness (QED) is 0.694. The topological polar surface area (TPSA) is 38.9 Å². The molecule has 19 heavy (non-hydrogen) atoms. The van der Waals surface area contributed by atoms with E-state index in [4.69, 9.17) is 16.0 Å². The van der Waals surface area contributed by atoms with Crippen LogP contribution in [-0.4, -0.2) is 10.2 Å². The van der Waals surface area contributed by atoms with Crippen molar-refractivity contribution >= 4 is 11.6 Å². The lowest BCUT2D eigenvalue weighted by molar-refractivity contribution is 0.533. The molecule has 1 heterocycles. The minimum absolute atomic E-state index is 0.521. The molecular weight excluding hydrogens is 260 g/mol. The first kappa shape index (κ1) is 11.9. The molecule has 0 fully saturated rings. The van der Waals surface area contributed by atoms with Crippen LogP contribution < -0.4 is 0 Å². The number of hydrogen-bond acceptors (Lipinski definition) is 3. The van der Waals surface area contributed by atoms with Crippen molar-refractivity contribution in [2.24, 2.45) is 0 Å². The molecule has 0 aliphatic carbocycles. The molecule has 1 aromatic heterocycles. The van der Waals surface area contributed by atoms with E-state index in [1.54, 1.807) is 6.92 Å². The number of aromatic nitrogens is 2. The highest BCUT2D eigenvalue weighted by Crippen LogP contribution is 2.32. The molecule has 4 heteroatoms. The van der Waals surface area contributed by atoms with Gasteiger partial charge in [0.05, 0.1) is 0 Å². The molecule has 0 saturated carbocycles. The van der Waals surface area contributed by atoms with Crippen LogP contribution in [0.15, 0.2) is 52.9 Å². The number of rotatable bonds is 2. The number of hydrogen-bond donors (Lipinski definition) is 0. The molecule has 3 rings (SSSR count). The van der Waals surface area contributed by atoms with Gasteiger partial charge in [-0.05, 0) is 29.3 Å². The lowest BCUT2D eigenvalue weighted by Gasteiger charge is -2.06. The maximum atomic E-state index is 6.05. The van der Waals surface area contributed by atoms with Crippen molar-refractivity contribution in [3.05, 3.63) is 59.4 Å². The second-order valence-corrected chi connectivity index (χ2v) is 4.62. The number of nitrogens with zero attached hydrogens (tertiary/aromatic N) is 2. The van der Waals surface area contributed by atoms with Crippen LogP contribution in [0.4, 0.5) is 0 Å². The molecule has 0 spiro atoms. The van der Waals surface area contributed by atoms with Gasteiger partial charge in [0, 0.05) is 17.5 Å². The minimum Gasteiger partial charge on any atom is -0.421 e. The predicted molar refractivity (Wildman–Crippen MR) is 74.9 cm³/mol. The Kier molecular flexibility index (Phi) is 3.05. The van der Waals surface area contributed by atoms with Gasteiger partial charge in [-0.15, -0.1) is 10.2 Å². The molecule has 0 radical (unpaired) electrons. The van der Waals surface area contributed by atoms with E-state index < -0.39 is 0 Å². The fourth-order valence-corrected chi connectivity index (χ4v) is 2.17. The first-order chi connectivity index (χ1) is 9.24.